The van der Waals surface area contributed by atoms with E-state index < -0.39 is 0 Å². The van der Waals surface area contributed by atoms with Gasteiger partial charge in [-0.15, -0.1) is 0 Å². The Morgan fingerprint density at radius 2 is 2.35 bits per heavy atom. The van der Waals surface area contributed by atoms with Crippen LogP contribution in [0.5, 0.6) is 0 Å². The summed E-state index contributed by atoms with van der Waals surface area (Å²) in [6.07, 6.45) is 3.59. The minimum atomic E-state index is -0.274. The first-order valence-electron chi connectivity index (χ1n) is 6.58. The molecule has 0 bridgehead atoms. The Bertz CT molecular complexity index is 636. The number of nitrogens with zero attached hydrogens (tertiary/aromatic N) is 4. The lowest BCUT2D eigenvalue weighted by Crippen LogP contribution is -2.34. The maximum absolute atomic E-state index is 11.8. The number of carbonyl (C=O) groups is 1. The van der Waals surface area contributed by atoms with E-state index in [1.807, 2.05) is 4.90 Å². The molecule has 2 aromatic heterocycles. The molecule has 0 spiro atoms. The topological polar surface area (TPSA) is 110 Å². The number of imidazole rings is 1. The lowest BCUT2D eigenvalue weighted by Gasteiger charge is -2.22. The Balaban J connectivity index is 1.96. The van der Waals surface area contributed by atoms with Crippen molar-refractivity contribution in [3.63, 3.8) is 0 Å². The summed E-state index contributed by atoms with van der Waals surface area (Å²) in [6.45, 7) is 2.31. The molecular formula is C12H16N6O2. The number of hydrogen-bond donors (Lipinski definition) is 2. The zero-order chi connectivity index (χ0) is 14.1. The number of esters is 1. The Labute approximate surface area is 115 Å². The zero-order valence-corrected chi connectivity index (χ0v) is 11.2. The predicted octanol–water partition coefficient (Wildman–Crippen LogP) is 0.467. The molecule has 1 aliphatic rings. The molecule has 1 fully saturated rings. The predicted molar refractivity (Wildman–Crippen MR) is 73.1 cm³/mol. The molecule has 0 atom stereocenters. The van der Waals surface area contributed by atoms with Crippen molar-refractivity contribution in [1.82, 2.24) is 19.9 Å². The summed E-state index contributed by atoms with van der Waals surface area (Å²) in [5, 5.41) is 0. The summed E-state index contributed by atoms with van der Waals surface area (Å²) in [5.41, 5.74) is 6.90. The highest BCUT2D eigenvalue weighted by Crippen LogP contribution is 2.33. The van der Waals surface area contributed by atoms with Crippen LogP contribution in [0.25, 0.3) is 11.2 Å². The van der Waals surface area contributed by atoms with Crippen molar-refractivity contribution in [3.8, 4) is 0 Å². The number of nitrogens with one attached hydrogen (secondary N) is 1. The van der Waals surface area contributed by atoms with Crippen molar-refractivity contribution < 1.29 is 9.53 Å². The molecule has 3 rings (SSSR count). The highest BCUT2D eigenvalue weighted by atomic mass is 16.5. The van der Waals surface area contributed by atoms with Gasteiger partial charge in [0.2, 0.25) is 5.95 Å². The number of aromatic amines is 1. The van der Waals surface area contributed by atoms with Crippen molar-refractivity contribution in [2.45, 2.75) is 25.8 Å². The van der Waals surface area contributed by atoms with Crippen molar-refractivity contribution in [1.29, 1.82) is 0 Å². The molecule has 1 saturated carbocycles. The van der Waals surface area contributed by atoms with Crippen LogP contribution in [0.15, 0.2) is 6.33 Å². The smallest absolute Gasteiger partial charge is 0.325 e. The quantitative estimate of drug-likeness (QED) is 0.763. The molecule has 1 aliphatic carbocycles. The minimum Gasteiger partial charge on any atom is -0.465 e. The number of hydrogen-bond acceptors (Lipinski definition) is 7. The second-order valence-corrected chi connectivity index (χ2v) is 4.67. The molecule has 2 heterocycles. The van der Waals surface area contributed by atoms with Gasteiger partial charge < -0.3 is 20.4 Å². The number of aromatic nitrogens is 4. The Morgan fingerprint density at radius 3 is 3.05 bits per heavy atom. The van der Waals surface area contributed by atoms with Crippen LogP contribution in [0.1, 0.15) is 19.8 Å². The van der Waals surface area contributed by atoms with Gasteiger partial charge in [-0.25, -0.2) is 4.98 Å². The van der Waals surface area contributed by atoms with Gasteiger partial charge in [0.15, 0.2) is 11.5 Å². The van der Waals surface area contributed by atoms with Gasteiger partial charge in [-0.2, -0.15) is 9.97 Å². The lowest BCUT2D eigenvalue weighted by atomic mass is 10.4. The number of ether oxygens (including phenoxy) is 1. The van der Waals surface area contributed by atoms with Gasteiger partial charge >= 0.3 is 5.97 Å². The minimum absolute atomic E-state index is 0.147. The van der Waals surface area contributed by atoms with Crippen LogP contribution < -0.4 is 10.6 Å². The van der Waals surface area contributed by atoms with Crippen LogP contribution >= 0.6 is 0 Å². The molecule has 106 valence electrons. The van der Waals surface area contributed by atoms with Crippen molar-refractivity contribution in [3.05, 3.63) is 6.33 Å². The summed E-state index contributed by atoms with van der Waals surface area (Å²) >= 11 is 0. The average molecular weight is 276 g/mol. The SMILES string of the molecule is CCOC(=O)CN(c1nc(N)nc2nc[nH]c12)C1CC1. The molecule has 0 aromatic carbocycles. The van der Waals surface area contributed by atoms with E-state index in [2.05, 4.69) is 19.9 Å². The Kier molecular flexibility index (Phi) is 3.13. The average Bonchev–Trinajstić information content (AvgIpc) is 3.14. The fraction of sp³-hybridized carbons (Fsp3) is 0.500. The highest BCUT2D eigenvalue weighted by molar-refractivity contribution is 5.87. The molecule has 0 radical (unpaired) electrons. The van der Waals surface area contributed by atoms with E-state index in [0.29, 0.717) is 29.6 Å². The maximum Gasteiger partial charge on any atom is 0.325 e. The van der Waals surface area contributed by atoms with Gasteiger partial charge in [0, 0.05) is 6.04 Å². The van der Waals surface area contributed by atoms with Crippen molar-refractivity contribution >= 4 is 28.9 Å². The van der Waals surface area contributed by atoms with Gasteiger partial charge in [-0.3, -0.25) is 4.79 Å². The number of H-pyrrole nitrogens is 1. The summed E-state index contributed by atoms with van der Waals surface area (Å²) in [5.74, 6) is 0.485. The van der Waals surface area contributed by atoms with Gasteiger partial charge in [0.1, 0.15) is 12.1 Å². The third-order valence-electron chi connectivity index (χ3n) is 3.15. The lowest BCUT2D eigenvalue weighted by molar-refractivity contribution is -0.141. The number of rotatable bonds is 5. The maximum atomic E-state index is 11.8. The van der Waals surface area contributed by atoms with E-state index in [9.17, 15) is 4.79 Å². The van der Waals surface area contributed by atoms with Gasteiger partial charge in [0.05, 0.1) is 12.9 Å². The molecule has 3 N–H and O–H groups in total. The fourth-order valence-corrected chi connectivity index (χ4v) is 2.15. The summed E-state index contributed by atoms with van der Waals surface area (Å²) in [6, 6.07) is 0.292. The largest absolute Gasteiger partial charge is 0.465 e. The molecule has 20 heavy (non-hydrogen) atoms. The molecule has 8 nitrogen and oxygen atoms in total. The van der Waals surface area contributed by atoms with E-state index in [1.165, 1.54) is 6.33 Å². The monoisotopic (exact) mass is 276 g/mol. The first kappa shape index (κ1) is 12.6. The fourth-order valence-electron chi connectivity index (χ4n) is 2.15. The Hall–Kier alpha value is -2.38. The van der Waals surface area contributed by atoms with Gasteiger partial charge in [-0.05, 0) is 19.8 Å². The summed E-state index contributed by atoms with van der Waals surface area (Å²) in [7, 11) is 0. The zero-order valence-electron chi connectivity index (χ0n) is 11.2. The first-order chi connectivity index (χ1) is 9.69. The van der Waals surface area contributed by atoms with Gasteiger partial charge in [-0.1, -0.05) is 0 Å². The standard InChI is InChI=1S/C12H16N6O2/c1-2-20-8(19)5-18(7-3-4-7)11-9-10(15-6-14-9)16-12(13)17-11/h6-7H,2-5H2,1H3,(H3,13,14,15,16,17). The molecule has 0 amide bonds. The van der Waals surface area contributed by atoms with E-state index >= 15 is 0 Å². The number of nitrogen functional groups attached to an aromatic ring is 1. The van der Waals surface area contributed by atoms with Crippen LogP contribution in [-0.2, 0) is 9.53 Å². The Morgan fingerprint density at radius 1 is 1.55 bits per heavy atom. The first-order valence-corrected chi connectivity index (χ1v) is 6.58. The molecule has 0 saturated heterocycles. The number of anilines is 2. The van der Waals surface area contributed by atoms with E-state index in [0.717, 1.165) is 12.8 Å². The number of fused-ring (bicyclic) bond motifs is 1. The van der Waals surface area contributed by atoms with E-state index in [-0.39, 0.29) is 18.5 Å². The van der Waals surface area contributed by atoms with Crippen molar-refractivity contribution in [2.24, 2.45) is 0 Å². The van der Waals surface area contributed by atoms with Crippen molar-refractivity contribution in [2.75, 3.05) is 23.8 Å². The number of carbonyl (C=O) groups excluding carboxylic acids is 1. The molecule has 2 aromatic rings. The molecular weight excluding hydrogens is 260 g/mol. The van der Waals surface area contributed by atoms with Gasteiger partial charge in [0.25, 0.3) is 0 Å². The van der Waals surface area contributed by atoms with Crippen LogP contribution in [0.2, 0.25) is 0 Å². The highest BCUT2D eigenvalue weighted by Gasteiger charge is 2.33. The normalized spacial score (nSPS) is 14.4. The van der Waals surface area contributed by atoms with Crippen LogP contribution in [0.4, 0.5) is 11.8 Å². The number of nitrogens with two attached hydrogens (primary N) is 1. The summed E-state index contributed by atoms with van der Waals surface area (Å²) in [4.78, 5) is 29.1. The van der Waals surface area contributed by atoms with Crippen LogP contribution in [0.3, 0.4) is 0 Å². The molecule has 0 aliphatic heterocycles. The summed E-state index contributed by atoms with van der Waals surface area (Å²) < 4.78 is 5.01. The molecule has 8 heteroatoms. The van der Waals surface area contributed by atoms with Crippen LogP contribution in [0, 0.1) is 0 Å². The van der Waals surface area contributed by atoms with Crippen LogP contribution in [-0.4, -0.2) is 45.1 Å². The van der Waals surface area contributed by atoms with E-state index in [1.54, 1.807) is 6.92 Å². The second-order valence-electron chi connectivity index (χ2n) is 4.67. The van der Waals surface area contributed by atoms with E-state index in [4.69, 9.17) is 10.5 Å². The molecule has 0 unspecified atom stereocenters. The third kappa shape index (κ3) is 2.36. The second kappa shape index (κ2) is 4.95. The third-order valence-corrected chi connectivity index (χ3v) is 3.15.